The van der Waals surface area contributed by atoms with Gasteiger partial charge in [-0.1, -0.05) is 32.6 Å². The monoisotopic (exact) mass is 181 g/mol. The molecular formula is C12H23N. The number of hydrogen-bond acceptors (Lipinski definition) is 1. The zero-order valence-electron chi connectivity index (χ0n) is 9.40. The van der Waals surface area contributed by atoms with Gasteiger partial charge in [-0.3, -0.25) is 4.90 Å². The van der Waals surface area contributed by atoms with Gasteiger partial charge in [-0.15, -0.1) is 5.92 Å². The van der Waals surface area contributed by atoms with Crippen LogP contribution in [-0.4, -0.2) is 24.5 Å². The highest BCUT2D eigenvalue weighted by atomic mass is 15.1. The van der Waals surface area contributed by atoms with Crippen molar-refractivity contribution in [3.63, 3.8) is 0 Å². The number of piperidine rings is 1. The predicted molar refractivity (Wildman–Crippen MR) is 59.7 cm³/mol. The van der Waals surface area contributed by atoms with Crippen molar-refractivity contribution in [2.45, 2.75) is 46.5 Å². The zero-order chi connectivity index (χ0) is 9.94. The maximum absolute atomic E-state index is 3.09. The first-order valence-electron chi connectivity index (χ1n) is 5.47. The summed E-state index contributed by atoms with van der Waals surface area (Å²) in [5.41, 5.74) is 0. The van der Waals surface area contributed by atoms with Gasteiger partial charge in [-0.05, 0) is 32.9 Å². The van der Waals surface area contributed by atoms with Gasteiger partial charge in [0.15, 0.2) is 0 Å². The Labute approximate surface area is 83.5 Å². The predicted octanol–water partition coefficient (Wildman–Crippen LogP) is 2.91. The molecule has 0 aliphatic carbocycles. The molecule has 1 heteroatoms. The Morgan fingerprint density at radius 2 is 1.62 bits per heavy atom. The summed E-state index contributed by atoms with van der Waals surface area (Å²) in [5.74, 6) is 6.02. The van der Waals surface area contributed by atoms with Crippen LogP contribution in [0.15, 0.2) is 0 Å². The molecule has 0 bridgehead atoms. The minimum absolute atomic E-state index is 0.983. The van der Waals surface area contributed by atoms with Crippen molar-refractivity contribution in [1.82, 2.24) is 4.90 Å². The number of likely N-dealkylation sites (tertiary alicyclic amines) is 1. The summed E-state index contributed by atoms with van der Waals surface area (Å²) in [7, 11) is 0. The van der Waals surface area contributed by atoms with E-state index in [0.29, 0.717) is 0 Å². The molecule has 1 saturated heterocycles. The summed E-state index contributed by atoms with van der Waals surface area (Å²) in [6.45, 7) is 9.66. The molecule has 1 fully saturated rings. The number of nitrogens with zero attached hydrogens (tertiary/aromatic N) is 1. The topological polar surface area (TPSA) is 3.24 Å². The van der Waals surface area contributed by atoms with Crippen LogP contribution >= 0.6 is 0 Å². The van der Waals surface area contributed by atoms with E-state index < -0.39 is 0 Å². The third kappa shape index (κ3) is 7.87. The first-order chi connectivity index (χ1) is 6.35. The minimum atomic E-state index is 0.983. The largest absolute Gasteiger partial charge is 0.292 e. The van der Waals surface area contributed by atoms with E-state index >= 15 is 0 Å². The van der Waals surface area contributed by atoms with E-state index in [0.717, 1.165) is 6.54 Å². The van der Waals surface area contributed by atoms with Crippen LogP contribution in [-0.2, 0) is 0 Å². The van der Waals surface area contributed by atoms with Crippen LogP contribution in [0.4, 0.5) is 0 Å². The van der Waals surface area contributed by atoms with E-state index in [2.05, 4.69) is 30.6 Å². The summed E-state index contributed by atoms with van der Waals surface area (Å²) < 4.78 is 0. The van der Waals surface area contributed by atoms with Crippen molar-refractivity contribution in [3.8, 4) is 11.8 Å². The molecule has 0 unspecified atom stereocenters. The molecule has 0 aromatic rings. The SMILES string of the molecule is CC#CCN1CCCCC1.CCC. The highest BCUT2D eigenvalue weighted by Crippen LogP contribution is 2.06. The van der Waals surface area contributed by atoms with Gasteiger partial charge in [0.1, 0.15) is 0 Å². The summed E-state index contributed by atoms with van der Waals surface area (Å²) in [6.07, 6.45) is 5.40. The molecule has 1 nitrogen and oxygen atoms in total. The maximum Gasteiger partial charge on any atom is 0.0601 e. The Bertz CT molecular complexity index is 146. The van der Waals surface area contributed by atoms with Crippen LogP contribution in [0.1, 0.15) is 46.5 Å². The van der Waals surface area contributed by atoms with Gasteiger partial charge in [-0.25, -0.2) is 0 Å². The quantitative estimate of drug-likeness (QED) is 0.562. The second-order valence-electron chi connectivity index (χ2n) is 3.47. The summed E-state index contributed by atoms with van der Waals surface area (Å²) in [4.78, 5) is 2.43. The van der Waals surface area contributed by atoms with Gasteiger partial charge in [0.2, 0.25) is 0 Å². The standard InChI is InChI=1S/C9H15N.C3H8/c1-2-3-7-10-8-5-4-6-9-10;1-3-2/h4-9H2,1H3;3H2,1-2H3. The van der Waals surface area contributed by atoms with Crippen molar-refractivity contribution in [2.24, 2.45) is 0 Å². The van der Waals surface area contributed by atoms with E-state index in [9.17, 15) is 0 Å². The lowest BCUT2D eigenvalue weighted by atomic mass is 10.1. The molecule has 0 amide bonds. The molecule has 0 radical (unpaired) electrons. The van der Waals surface area contributed by atoms with Gasteiger partial charge in [0, 0.05) is 0 Å². The molecule has 0 saturated carbocycles. The summed E-state index contributed by atoms with van der Waals surface area (Å²) in [6, 6.07) is 0. The Balaban J connectivity index is 0.000000424. The van der Waals surface area contributed by atoms with Gasteiger partial charge in [0.05, 0.1) is 6.54 Å². The molecule has 1 heterocycles. The van der Waals surface area contributed by atoms with Crippen molar-refractivity contribution in [3.05, 3.63) is 0 Å². The fraction of sp³-hybridized carbons (Fsp3) is 0.833. The van der Waals surface area contributed by atoms with Crippen LogP contribution in [0.2, 0.25) is 0 Å². The van der Waals surface area contributed by atoms with Crippen LogP contribution in [0, 0.1) is 11.8 Å². The molecule has 1 aliphatic rings. The lowest BCUT2D eigenvalue weighted by molar-refractivity contribution is 0.255. The molecule has 76 valence electrons. The Hall–Kier alpha value is -0.480. The fourth-order valence-electron chi connectivity index (χ4n) is 1.31. The lowest BCUT2D eigenvalue weighted by Crippen LogP contribution is -2.29. The minimum Gasteiger partial charge on any atom is -0.292 e. The van der Waals surface area contributed by atoms with Crippen LogP contribution in [0.5, 0.6) is 0 Å². The van der Waals surface area contributed by atoms with E-state index in [-0.39, 0.29) is 0 Å². The smallest absolute Gasteiger partial charge is 0.0601 e. The number of hydrogen-bond donors (Lipinski definition) is 0. The van der Waals surface area contributed by atoms with Gasteiger partial charge < -0.3 is 0 Å². The second kappa shape index (κ2) is 9.61. The Morgan fingerprint density at radius 3 is 2.08 bits per heavy atom. The molecule has 0 N–H and O–H groups in total. The molecule has 13 heavy (non-hydrogen) atoms. The van der Waals surface area contributed by atoms with E-state index in [4.69, 9.17) is 0 Å². The Kier molecular flexibility index (Phi) is 9.25. The first-order valence-corrected chi connectivity index (χ1v) is 5.47. The van der Waals surface area contributed by atoms with Gasteiger partial charge in [0.25, 0.3) is 0 Å². The van der Waals surface area contributed by atoms with Crippen LogP contribution < -0.4 is 0 Å². The highest BCUT2D eigenvalue weighted by Gasteiger charge is 2.06. The van der Waals surface area contributed by atoms with Crippen molar-refractivity contribution < 1.29 is 0 Å². The average Bonchev–Trinajstić information content (AvgIpc) is 2.18. The van der Waals surface area contributed by atoms with E-state index in [1.165, 1.54) is 38.8 Å². The van der Waals surface area contributed by atoms with Crippen LogP contribution in [0.25, 0.3) is 0 Å². The fourth-order valence-corrected chi connectivity index (χ4v) is 1.31. The molecule has 1 aliphatic heterocycles. The third-order valence-electron chi connectivity index (χ3n) is 1.93. The molecule has 0 aromatic heterocycles. The lowest BCUT2D eigenvalue weighted by Gasteiger charge is -2.23. The third-order valence-corrected chi connectivity index (χ3v) is 1.93. The molecule has 0 aromatic carbocycles. The molecule has 0 spiro atoms. The number of rotatable bonds is 1. The summed E-state index contributed by atoms with van der Waals surface area (Å²) in [5, 5.41) is 0. The molecule has 1 rings (SSSR count). The summed E-state index contributed by atoms with van der Waals surface area (Å²) >= 11 is 0. The van der Waals surface area contributed by atoms with Gasteiger partial charge >= 0.3 is 0 Å². The van der Waals surface area contributed by atoms with Crippen molar-refractivity contribution in [2.75, 3.05) is 19.6 Å². The second-order valence-corrected chi connectivity index (χ2v) is 3.47. The normalized spacial score (nSPS) is 16.5. The highest BCUT2D eigenvalue weighted by molar-refractivity contribution is 4.97. The maximum atomic E-state index is 3.09. The first kappa shape index (κ1) is 12.5. The average molecular weight is 181 g/mol. The Morgan fingerprint density at radius 1 is 1.08 bits per heavy atom. The zero-order valence-corrected chi connectivity index (χ0v) is 9.40. The molecule has 0 atom stereocenters. The van der Waals surface area contributed by atoms with Gasteiger partial charge in [-0.2, -0.15) is 0 Å². The van der Waals surface area contributed by atoms with E-state index in [1.807, 2.05) is 6.92 Å². The van der Waals surface area contributed by atoms with E-state index in [1.54, 1.807) is 0 Å². The van der Waals surface area contributed by atoms with Crippen LogP contribution in [0.3, 0.4) is 0 Å². The molecular weight excluding hydrogens is 158 g/mol. The van der Waals surface area contributed by atoms with Crippen molar-refractivity contribution >= 4 is 0 Å². The van der Waals surface area contributed by atoms with Crippen molar-refractivity contribution in [1.29, 1.82) is 0 Å².